The Balaban J connectivity index is 1.58. The van der Waals surface area contributed by atoms with Crippen molar-refractivity contribution in [3.05, 3.63) is 87.9 Å². The molecule has 1 saturated heterocycles. The van der Waals surface area contributed by atoms with Crippen LogP contribution in [0.2, 0.25) is 5.02 Å². The number of carbonyl (C=O) groups is 1. The number of nitrogens with one attached hydrogen (secondary N) is 1. The van der Waals surface area contributed by atoms with Crippen LogP contribution in [-0.2, 0) is 16.8 Å². The van der Waals surface area contributed by atoms with Crippen LogP contribution >= 0.6 is 11.6 Å². The molecule has 5 rings (SSSR count). The molecular weight excluding hydrogens is 512 g/mol. The third-order valence-electron chi connectivity index (χ3n) is 8.00. The van der Waals surface area contributed by atoms with Gasteiger partial charge in [0.1, 0.15) is 0 Å². The number of halogens is 1. The zero-order valence-electron chi connectivity index (χ0n) is 23.0. The molecule has 0 radical (unpaired) electrons. The van der Waals surface area contributed by atoms with E-state index in [4.69, 9.17) is 21.1 Å². The number of hydrogen-bond donors (Lipinski definition) is 2. The number of fused-ring (bicyclic) bond motifs is 1. The normalized spacial score (nSPS) is 19.5. The molecule has 1 fully saturated rings. The van der Waals surface area contributed by atoms with Crippen LogP contribution in [0, 0.1) is 5.92 Å². The van der Waals surface area contributed by atoms with E-state index < -0.39 is 5.60 Å². The number of amides is 1. The van der Waals surface area contributed by atoms with Crippen molar-refractivity contribution in [3.8, 4) is 11.5 Å². The summed E-state index contributed by atoms with van der Waals surface area (Å²) >= 11 is 6.23. The number of carbonyl (C=O) groups excluding carboxylic acids is 1. The lowest BCUT2D eigenvalue weighted by Gasteiger charge is -2.39. The van der Waals surface area contributed by atoms with E-state index in [1.54, 1.807) is 7.11 Å². The molecule has 2 aliphatic rings. The summed E-state index contributed by atoms with van der Waals surface area (Å²) in [6.45, 7) is 7.69. The Morgan fingerprint density at radius 3 is 2.31 bits per heavy atom. The van der Waals surface area contributed by atoms with Crippen molar-refractivity contribution in [2.45, 2.75) is 57.8 Å². The first-order valence-corrected chi connectivity index (χ1v) is 14.1. The maximum Gasteiger partial charge on any atom is 0.232 e. The van der Waals surface area contributed by atoms with Gasteiger partial charge in [-0.3, -0.25) is 4.79 Å². The van der Waals surface area contributed by atoms with Crippen molar-refractivity contribution in [2.24, 2.45) is 5.92 Å². The molecule has 2 aliphatic heterocycles. The molecule has 3 aromatic carbocycles. The summed E-state index contributed by atoms with van der Waals surface area (Å²) in [4.78, 5) is 15.6. The van der Waals surface area contributed by atoms with Gasteiger partial charge in [0.15, 0.2) is 11.5 Å². The van der Waals surface area contributed by atoms with Crippen molar-refractivity contribution in [3.63, 3.8) is 0 Å². The molecule has 39 heavy (non-hydrogen) atoms. The zero-order chi connectivity index (χ0) is 27.7. The van der Waals surface area contributed by atoms with E-state index in [1.807, 2.05) is 86.3 Å². The lowest BCUT2D eigenvalue weighted by molar-refractivity contribution is -0.118. The lowest BCUT2D eigenvalue weighted by atomic mass is 9.77. The van der Waals surface area contributed by atoms with Gasteiger partial charge in [-0.15, -0.1) is 0 Å². The van der Waals surface area contributed by atoms with Crippen molar-refractivity contribution >= 4 is 23.2 Å². The largest absolute Gasteiger partial charge is 0.493 e. The molecule has 2 N–H and O–H groups in total. The molecule has 1 unspecified atom stereocenters. The second-order valence-corrected chi connectivity index (χ2v) is 11.4. The first-order chi connectivity index (χ1) is 18.7. The first kappa shape index (κ1) is 27.5. The molecule has 7 heteroatoms. The summed E-state index contributed by atoms with van der Waals surface area (Å²) < 4.78 is 11.7. The van der Waals surface area contributed by atoms with Crippen LogP contribution in [-0.4, -0.2) is 37.3 Å². The molecule has 6 nitrogen and oxygen atoms in total. The van der Waals surface area contributed by atoms with E-state index >= 15 is 0 Å². The number of ether oxygens (including phenoxy) is 2. The van der Waals surface area contributed by atoms with Gasteiger partial charge in [0, 0.05) is 10.7 Å². The second-order valence-electron chi connectivity index (χ2n) is 11.0. The van der Waals surface area contributed by atoms with Crippen LogP contribution in [0.4, 0.5) is 5.69 Å². The van der Waals surface area contributed by atoms with E-state index in [0.29, 0.717) is 16.5 Å². The molecule has 206 valence electrons. The average molecular weight is 549 g/mol. The van der Waals surface area contributed by atoms with Crippen molar-refractivity contribution in [2.75, 3.05) is 25.1 Å². The zero-order valence-corrected chi connectivity index (χ0v) is 23.8. The van der Waals surface area contributed by atoms with Crippen molar-refractivity contribution in [1.29, 1.82) is 0 Å². The highest BCUT2D eigenvalue weighted by molar-refractivity contribution is 6.30. The SMILES string of the molecule is COc1cc2c(cc1OC(C)C)C(c1ccc(Cl)cc1)N(c1ccc([C@@](C)(O)C3CCNCC3)cc1)C(=O)C2. The molecule has 0 saturated carbocycles. The Hall–Kier alpha value is -3.06. The van der Waals surface area contributed by atoms with E-state index in [2.05, 4.69) is 5.32 Å². The summed E-state index contributed by atoms with van der Waals surface area (Å²) in [7, 11) is 1.61. The summed E-state index contributed by atoms with van der Waals surface area (Å²) in [5, 5.41) is 15.5. The van der Waals surface area contributed by atoms with Gasteiger partial charge in [-0.2, -0.15) is 0 Å². The highest BCUT2D eigenvalue weighted by Crippen LogP contribution is 2.44. The predicted octanol–water partition coefficient (Wildman–Crippen LogP) is 6.02. The van der Waals surface area contributed by atoms with Crippen LogP contribution in [0.5, 0.6) is 11.5 Å². The molecule has 0 aromatic heterocycles. The smallest absolute Gasteiger partial charge is 0.232 e. The monoisotopic (exact) mass is 548 g/mol. The molecular formula is C32H37ClN2O4. The van der Waals surface area contributed by atoms with Gasteiger partial charge < -0.3 is 24.8 Å². The number of anilines is 1. The number of benzene rings is 3. The standard InChI is InChI=1S/C32H37ClN2O4/c1-20(2)39-29-19-27-22(17-28(29)38-4)18-30(36)35(31(27)21-5-9-25(33)10-6-21)26-11-7-23(8-12-26)32(3,37)24-13-15-34-16-14-24/h5-12,17,19-20,24,31,34,37H,13-16,18H2,1-4H3/t31?,32-/m1/s1. The average Bonchev–Trinajstić information content (AvgIpc) is 2.93. The van der Waals surface area contributed by atoms with Crippen LogP contribution in [0.1, 0.15) is 61.9 Å². The third-order valence-corrected chi connectivity index (χ3v) is 8.25. The lowest BCUT2D eigenvalue weighted by Crippen LogP contribution is -2.41. The van der Waals surface area contributed by atoms with Gasteiger partial charge in [0.25, 0.3) is 0 Å². The fraction of sp³-hybridized carbons (Fsp3) is 0.406. The first-order valence-electron chi connectivity index (χ1n) is 13.7. The molecule has 2 atom stereocenters. The fourth-order valence-corrected chi connectivity index (χ4v) is 6.03. The maximum absolute atomic E-state index is 13.8. The quantitative estimate of drug-likeness (QED) is 0.378. The summed E-state index contributed by atoms with van der Waals surface area (Å²) in [5.74, 6) is 1.43. The second kappa shape index (κ2) is 11.2. The van der Waals surface area contributed by atoms with Gasteiger partial charge in [0.05, 0.1) is 31.3 Å². The van der Waals surface area contributed by atoms with E-state index in [1.165, 1.54) is 0 Å². The molecule has 0 spiro atoms. The molecule has 1 amide bonds. The van der Waals surface area contributed by atoms with Crippen LogP contribution in [0.3, 0.4) is 0 Å². The van der Waals surface area contributed by atoms with Gasteiger partial charge in [0.2, 0.25) is 5.91 Å². The van der Waals surface area contributed by atoms with Gasteiger partial charge in [-0.05, 0) is 111 Å². The molecule has 2 heterocycles. The number of aliphatic hydroxyl groups is 1. The Morgan fingerprint density at radius 2 is 1.69 bits per heavy atom. The summed E-state index contributed by atoms with van der Waals surface area (Å²) in [6.07, 6.45) is 2.07. The summed E-state index contributed by atoms with van der Waals surface area (Å²) in [6, 6.07) is 19.0. The Bertz CT molecular complexity index is 1320. The van der Waals surface area contributed by atoms with Gasteiger partial charge in [-0.25, -0.2) is 0 Å². The Morgan fingerprint density at radius 1 is 1.03 bits per heavy atom. The van der Waals surface area contributed by atoms with Crippen LogP contribution in [0.25, 0.3) is 0 Å². The number of rotatable bonds is 7. The number of hydrogen-bond acceptors (Lipinski definition) is 5. The number of nitrogens with zero attached hydrogens (tertiary/aromatic N) is 1. The minimum Gasteiger partial charge on any atom is -0.493 e. The Labute approximate surface area is 235 Å². The highest BCUT2D eigenvalue weighted by Gasteiger charge is 2.38. The van der Waals surface area contributed by atoms with Gasteiger partial charge in [-0.1, -0.05) is 35.9 Å². The molecule has 3 aromatic rings. The topological polar surface area (TPSA) is 71.0 Å². The van der Waals surface area contributed by atoms with Crippen LogP contribution < -0.4 is 19.7 Å². The number of methoxy groups -OCH3 is 1. The highest BCUT2D eigenvalue weighted by atomic mass is 35.5. The van der Waals surface area contributed by atoms with Crippen LogP contribution in [0.15, 0.2) is 60.7 Å². The van der Waals surface area contributed by atoms with E-state index in [0.717, 1.165) is 53.9 Å². The van der Waals surface area contributed by atoms with Gasteiger partial charge >= 0.3 is 0 Å². The number of piperidine rings is 1. The fourth-order valence-electron chi connectivity index (χ4n) is 5.91. The molecule has 0 aliphatic carbocycles. The third kappa shape index (κ3) is 5.51. The minimum atomic E-state index is -0.936. The minimum absolute atomic E-state index is 0.0140. The van der Waals surface area contributed by atoms with E-state index in [-0.39, 0.29) is 30.4 Å². The summed E-state index contributed by atoms with van der Waals surface area (Å²) in [5.41, 5.74) is 3.55. The molecule has 0 bridgehead atoms. The predicted molar refractivity (Wildman–Crippen MR) is 155 cm³/mol. The van der Waals surface area contributed by atoms with Crippen molar-refractivity contribution in [1.82, 2.24) is 5.32 Å². The van der Waals surface area contributed by atoms with E-state index in [9.17, 15) is 9.90 Å². The Kier molecular flexibility index (Phi) is 7.90. The van der Waals surface area contributed by atoms with Crippen molar-refractivity contribution < 1.29 is 19.4 Å². The maximum atomic E-state index is 13.8.